The number of carbonyl (C=O) groups is 1. The van der Waals surface area contributed by atoms with Crippen LogP contribution in [0.3, 0.4) is 0 Å². The van der Waals surface area contributed by atoms with E-state index in [9.17, 15) is 0 Å². The van der Waals surface area contributed by atoms with E-state index in [2.05, 4.69) is 160 Å². The van der Waals surface area contributed by atoms with Crippen molar-refractivity contribution in [2.75, 3.05) is 13.1 Å². The van der Waals surface area contributed by atoms with E-state index >= 15 is 4.79 Å². The Morgan fingerprint density at radius 3 is 1.86 bits per heavy atom. The van der Waals surface area contributed by atoms with Gasteiger partial charge in [-0.1, -0.05) is 158 Å². The van der Waals surface area contributed by atoms with Crippen LogP contribution in [0.4, 0.5) is 0 Å². The maximum atomic E-state index is 15.7. The van der Waals surface area contributed by atoms with Gasteiger partial charge in [-0.3, -0.25) is 9.69 Å². The molecule has 0 fully saturated rings. The highest BCUT2D eigenvalue weighted by Crippen LogP contribution is 2.46. The Morgan fingerprint density at radius 2 is 1.37 bits per heavy atom. The predicted octanol–water partition coefficient (Wildman–Crippen LogP) is 16.5. The lowest BCUT2D eigenvalue weighted by Crippen LogP contribution is -2.55. The van der Waals surface area contributed by atoms with Crippen LogP contribution in [0.1, 0.15) is 241 Å². The van der Waals surface area contributed by atoms with E-state index in [4.69, 9.17) is 6.58 Å². The van der Waals surface area contributed by atoms with Gasteiger partial charge in [-0.25, -0.2) is 0 Å². The average Bonchev–Trinajstić information content (AvgIpc) is 3.10. The highest BCUT2D eigenvalue weighted by atomic mass is 16.1. The molecule has 4 unspecified atom stereocenters. The second-order valence-electron chi connectivity index (χ2n) is 22.7. The van der Waals surface area contributed by atoms with E-state index in [-0.39, 0.29) is 27.4 Å². The van der Waals surface area contributed by atoms with Gasteiger partial charge in [-0.2, -0.15) is 0 Å². The summed E-state index contributed by atoms with van der Waals surface area (Å²) in [7, 11) is 0. The highest BCUT2D eigenvalue weighted by Gasteiger charge is 2.42. The standard InChI is InChI=1S/C54H104N2O/c1-21-27-34-54(42-45(32-35-49(9,10)11)39-47(25-5)50(12,13)14,44(8)31-29-30-33-53(19,20)56(37-23-3)52(17,18)26-6)48(57)40-46(38-43(7)24-4)41-51(15,16)55-36-28-22-2/h32,35,39,43,46-47,55H,8,21-31,33-34,36-38,40-42H2,1-7,9-20H3/b35-32+,45-39+. The lowest BCUT2D eigenvalue weighted by Gasteiger charge is -2.49. The van der Waals surface area contributed by atoms with Crippen LogP contribution in [0, 0.1) is 34.0 Å². The van der Waals surface area contributed by atoms with Gasteiger partial charge in [0, 0.05) is 23.0 Å². The van der Waals surface area contributed by atoms with Gasteiger partial charge in [0.25, 0.3) is 0 Å². The Morgan fingerprint density at radius 1 is 0.754 bits per heavy atom. The summed E-state index contributed by atoms with van der Waals surface area (Å²) in [4.78, 5) is 18.4. The molecular formula is C54H104N2O. The lowest BCUT2D eigenvalue weighted by molar-refractivity contribution is -0.128. The second kappa shape index (κ2) is 25.6. The Labute approximate surface area is 359 Å². The summed E-state index contributed by atoms with van der Waals surface area (Å²) in [5, 5.41) is 3.88. The topological polar surface area (TPSA) is 32.3 Å². The van der Waals surface area contributed by atoms with Crippen molar-refractivity contribution in [2.24, 2.45) is 34.0 Å². The van der Waals surface area contributed by atoms with Gasteiger partial charge < -0.3 is 5.32 Å². The molecule has 0 aliphatic carbocycles. The quantitative estimate of drug-likeness (QED) is 0.0431. The molecule has 0 aliphatic heterocycles. The molecule has 0 aliphatic rings. The van der Waals surface area contributed by atoms with Crippen molar-refractivity contribution >= 4 is 5.78 Å². The summed E-state index contributed by atoms with van der Waals surface area (Å²) in [6.45, 7) is 51.8. The fraction of sp³-hybridized carbons (Fsp3) is 0.870. The molecule has 0 heterocycles. The molecule has 0 saturated carbocycles. The first-order valence-electron chi connectivity index (χ1n) is 24.3. The zero-order valence-electron chi connectivity index (χ0n) is 42.5. The van der Waals surface area contributed by atoms with Gasteiger partial charge in [0.05, 0.1) is 5.41 Å². The van der Waals surface area contributed by atoms with Crippen molar-refractivity contribution in [3.63, 3.8) is 0 Å². The van der Waals surface area contributed by atoms with Crippen LogP contribution in [0.15, 0.2) is 36.0 Å². The number of ketones is 1. The molecule has 0 rings (SSSR count). The first kappa shape index (κ1) is 55.8. The summed E-state index contributed by atoms with van der Waals surface area (Å²) in [5.41, 5.74) is 2.43. The summed E-state index contributed by atoms with van der Waals surface area (Å²) in [6, 6.07) is 0. The zero-order valence-corrected chi connectivity index (χ0v) is 42.5. The largest absolute Gasteiger partial charge is 0.312 e. The molecule has 0 bridgehead atoms. The van der Waals surface area contributed by atoms with Crippen molar-refractivity contribution in [3.8, 4) is 0 Å². The number of rotatable bonds is 31. The molecule has 0 amide bonds. The van der Waals surface area contributed by atoms with Crippen LogP contribution in [-0.4, -0.2) is 40.4 Å². The minimum Gasteiger partial charge on any atom is -0.312 e. The van der Waals surface area contributed by atoms with Crippen LogP contribution >= 0.6 is 0 Å². The summed E-state index contributed by atoms with van der Waals surface area (Å²) in [5.74, 6) is 1.82. The van der Waals surface area contributed by atoms with Gasteiger partial charge in [-0.05, 0) is 154 Å². The second-order valence-corrected chi connectivity index (χ2v) is 22.7. The van der Waals surface area contributed by atoms with E-state index in [0.717, 1.165) is 96.6 Å². The molecule has 0 radical (unpaired) electrons. The lowest BCUT2D eigenvalue weighted by atomic mass is 9.64. The van der Waals surface area contributed by atoms with Gasteiger partial charge in [-0.15, -0.1) is 0 Å². The maximum Gasteiger partial charge on any atom is 0.143 e. The summed E-state index contributed by atoms with van der Waals surface area (Å²) >= 11 is 0. The fourth-order valence-corrected chi connectivity index (χ4v) is 9.36. The van der Waals surface area contributed by atoms with Gasteiger partial charge >= 0.3 is 0 Å². The van der Waals surface area contributed by atoms with Gasteiger partial charge in [0.15, 0.2) is 0 Å². The van der Waals surface area contributed by atoms with Gasteiger partial charge in [0.2, 0.25) is 0 Å². The number of hydrogen-bond donors (Lipinski definition) is 1. The SMILES string of the molecule is C=C(CCCCC(C)(C)N(CCC)C(C)(C)CC)C(CCCC)(CC(=C/C(CC)C(C)(C)C)/C=C/C(C)(C)C)C(=O)CC(CC(C)CC)CC(C)(C)NCCCC. The number of nitrogens with one attached hydrogen (secondary N) is 1. The molecule has 0 aromatic heterocycles. The number of Topliss-reactive ketones (excluding diaryl/α,β-unsaturated/α-hetero) is 1. The van der Waals surface area contributed by atoms with Crippen molar-refractivity contribution in [1.82, 2.24) is 10.2 Å². The molecule has 0 saturated heterocycles. The fourth-order valence-electron chi connectivity index (χ4n) is 9.36. The van der Waals surface area contributed by atoms with Crippen LogP contribution in [0.5, 0.6) is 0 Å². The maximum absolute atomic E-state index is 15.7. The van der Waals surface area contributed by atoms with E-state index in [0.29, 0.717) is 30.0 Å². The molecule has 336 valence electrons. The minimum atomic E-state index is -0.568. The number of carbonyl (C=O) groups excluding carboxylic acids is 1. The first-order chi connectivity index (χ1) is 26.2. The Hall–Kier alpha value is -1.19. The normalized spacial score (nSPS) is 16.6. The van der Waals surface area contributed by atoms with Crippen LogP contribution in [0.25, 0.3) is 0 Å². The molecule has 0 spiro atoms. The van der Waals surface area contributed by atoms with Crippen molar-refractivity contribution in [1.29, 1.82) is 0 Å². The number of nitrogens with zero attached hydrogens (tertiary/aromatic N) is 1. The van der Waals surface area contributed by atoms with Crippen molar-refractivity contribution in [3.05, 3.63) is 36.0 Å². The average molecular weight is 797 g/mol. The van der Waals surface area contributed by atoms with Crippen molar-refractivity contribution in [2.45, 2.75) is 257 Å². The smallest absolute Gasteiger partial charge is 0.143 e. The first-order valence-corrected chi connectivity index (χ1v) is 24.3. The van der Waals surface area contributed by atoms with E-state index in [1.54, 1.807) is 0 Å². The van der Waals surface area contributed by atoms with E-state index in [1.165, 1.54) is 30.4 Å². The Kier molecular flexibility index (Phi) is 25.0. The third kappa shape index (κ3) is 20.8. The third-order valence-corrected chi connectivity index (χ3v) is 13.6. The number of hydrogen-bond acceptors (Lipinski definition) is 3. The van der Waals surface area contributed by atoms with Crippen LogP contribution in [-0.2, 0) is 4.79 Å². The Bertz CT molecular complexity index is 1190. The zero-order chi connectivity index (χ0) is 44.3. The Balaban J connectivity index is 7.32. The molecule has 0 aromatic rings. The van der Waals surface area contributed by atoms with Crippen molar-refractivity contribution < 1.29 is 4.79 Å². The van der Waals surface area contributed by atoms with E-state index in [1.807, 2.05) is 0 Å². The van der Waals surface area contributed by atoms with E-state index < -0.39 is 5.41 Å². The molecule has 0 aromatic carbocycles. The molecule has 1 N–H and O–H groups in total. The monoisotopic (exact) mass is 797 g/mol. The van der Waals surface area contributed by atoms with Crippen LogP contribution < -0.4 is 5.32 Å². The number of allylic oxidation sites excluding steroid dienone is 5. The molecule has 3 nitrogen and oxygen atoms in total. The molecule has 3 heteroatoms. The summed E-state index contributed by atoms with van der Waals surface area (Å²) < 4.78 is 0. The van der Waals surface area contributed by atoms with Gasteiger partial charge in [0.1, 0.15) is 5.78 Å². The number of unbranched alkanes of at least 4 members (excludes halogenated alkanes) is 3. The molecule has 57 heavy (non-hydrogen) atoms. The molecule has 4 atom stereocenters. The molecular weight excluding hydrogens is 693 g/mol. The highest BCUT2D eigenvalue weighted by molar-refractivity contribution is 5.88. The predicted molar refractivity (Wildman–Crippen MR) is 258 cm³/mol. The minimum absolute atomic E-state index is 0.0109. The van der Waals surface area contributed by atoms with Crippen LogP contribution in [0.2, 0.25) is 0 Å². The third-order valence-electron chi connectivity index (χ3n) is 13.6. The summed E-state index contributed by atoms with van der Waals surface area (Å²) in [6.07, 6.45) is 25.1.